The van der Waals surface area contributed by atoms with Crippen LogP contribution in [0.5, 0.6) is 0 Å². The molecule has 0 aliphatic carbocycles. The van der Waals surface area contributed by atoms with Gasteiger partial charge >= 0.3 is 12.1 Å². The first-order chi connectivity index (χ1) is 16.6. The van der Waals surface area contributed by atoms with Crippen LogP contribution in [0.1, 0.15) is 61.0 Å². The molecule has 2 aliphatic heterocycles. The van der Waals surface area contributed by atoms with Gasteiger partial charge in [-0.05, 0) is 51.7 Å². The van der Waals surface area contributed by atoms with Crippen molar-refractivity contribution >= 4 is 29.3 Å². The van der Waals surface area contributed by atoms with E-state index in [1.54, 1.807) is 16.2 Å². The van der Waals surface area contributed by atoms with Crippen molar-refractivity contribution in [3.05, 3.63) is 40.4 Å². The minimum atomic E-state index is -0.519. The molecule has 35 heavy (non-hydrogen) atoms. The molecule has 1 aromatic heterocycles. The number of benzene rings is 1. The number of rotatable bonds is 4. The molecule has 1 fully saturated rings. The van der Waals surface area contributed by atoms with Gasteiger partial charge in [0.2, 0.25) is 0 Å². The number of piperidine rings is 1. The van der Waals surface area contributed by atoms with Crippen LogP contribution in [0.2, 0.25) is 0 Å². The maximum absolute atomic E-state index is 13.0. The minimum absolute atomic E-state index is 0.0134. The Morgan fingerprint density at radius 2 is 1.74 bits per heavy atom. The van der Waals surface area contributed by atoms with Crippen LogP contribution in [0.4, 0.5) is 4.79 Å². The summed E-state index contributed by atoms with van der Waals surface area (Å²) in [5, 5.41) is 0.892. The molecule has 8 nitrogen and oxygen atoms in total. The van der Waals surface area contributed by atoms with Gasteiger partial charge in [-0.15, -0.1) is 11.3 Å². The van der Waals surface area contributed by atoms with Gasteiger partial charge in [-0.25, -0.2) is 9.78 Å². The summed E-state index contributed by atoms with van der Waals surface area (Å²) in [6.45, 7) is 8.00. The molecule has 4 rings (SSSR count). The second kappa shape index (κ2) is 10.4. The van der Waals surface area contributed by atoms with Gasteiger partial charge in [0.15, 0.2) is 0 Å². The Morgan fingerprint density at radius 3 is 2.37 bits per heavy atom. The number of likely N-dealkylation sites (tertiary alicyclic amines) is 1. The molecule has 9 heteroatoms. The summed E-state index contributed by atoms with van der Waals surface area (Å²) in [7, 11) is 1.41. The number of fused-ring (bicyclic) bond motifs is 1. The molecule has 2 aliphatic rings. The van der Waals surface area contributed by atoms with E-state index in [0.29, 0.717) is 44.6 Å². The highest BCUT2D eigenvalue weighted by Crippen LogP contribution is 2.32. The van der Waals surface area contributed by atoms with Crippen LogP contribution in [-0.4, -0.2) is 65.1 Å². The van der Waals surface area contributed by atoms with Crippen molar-refractivity contribution in [2.24, 2.45) is 5.92 Å². The lowest BCUT2D eigenvalue weighted by Crippen LogP contribution is -2.39. The first-order valence-corrected chi connectivity index (χ1v) is 12.9. The zero-order valence-electron chi connectivity index (χ0n) is 20.8. The third kappa shape index (κ3) is 6.20. The molecule has 0 radical (unpaired) electrons. The number of esters is 1. The van der Waals surface area contributed by atoms with Crippen LogP contribution in [0.3, 0.4) is 0 Å². The van der Waals surface area contributed by atoms with Crippen LogP contribution < -0.4 is 0 Å². The fourth-order valence-corrected chi connectivity index (χ4v) is 5.53. The monoisotopic (exact) mass is 499 g/mol. The first-order valence-electron chi connectivity index (χ1n) is 12.1. The lowest BCUT2D eigenvalue weighted by Gasteiger charge is -2.31. The van der Waals surface area contributed by atoms with Crippen molar-refractivity contribution in [1.82, 2.24) is 14.8 Å². The minimum Gasteiger partial charge on any atom is -0.469 e. The van der Waals surface area contributed by atoms with Gasteiger partial charge in [-0.2, -0.15) is 0 Å². The predicted molar refractivity (Wildman–Crippen MR) is 133 cm³/mol. The summed E-state index contributed by atoms with van der Waals surface area (Å²) in [5.74, 6) is 0.0994. The molecule has 0 bridgehead atoms. The second-order valence-corrected chi connectivity index (χ2v) is 11.2. The number of amides is 2. The molecule has 2 amide bonds. The Bertz CT molecular complexity index is 1080. The Balaban J connectivity index is 1.36. The van der Waals surface area contributed by atoms with Crippen LogP contribution in [0, 0.1) is 5.92 Å². The van der Waals surface area contributed by atoms with Crippen LogP contribution in [-0.2, 0) is 27.2 Å². The Kier molecular flexibility index (Phi) is 7.44. The lowest BCUT2D eigenvalue weighted by atomic mass is 9.93. The third-order valence-corrected chi connectivity index (χ3v) is 7.48. The molecular formula is C26H33N3O5S. The summed E-state index contributed by atoms with van der Waals surface area (Å²) in [6.07, 6.45) is 2.44. The van der Waals surface area contributed by atoms with E-state index in [1.165, 1.54) is 7.11 Å². The maximum Gasteiger partial charge on any atom is 0.410 e. The van der Waals surface area contributed by atoms with Gasteiger partial charge in [0.1, 0.15) is 10.6 Å². The fourth-order valence-electron chi connectivity index (χ4n) is 4.40. The molecule has 0 unspecified atom stereocenters. The largest absolute Gasteiger partial charge is 0.469 e. The number of thiazole rings is 1. The van der Waals surface area contributed by atoms with Crippen molar-refractivity contribution in [2.75, 3.05) is 26.7 Å². The van der Waals surface area contributed by atoms with Gasteiger partial charge in [-0.1, -0.05) is 12.1 Å². The first kappa shape index (κ1) is 25.2. The Labute approximate surface area is 210 Å². The molecule has 0 spiro atoms. The smallest absolute Gasteiger partial charge is 0.410 e. The SMILES string of the molecule is COC(=O)CC1CCN(C(=O)c2ccc(-c3nc4c(s3)CN(C(=O)OC(C)(C)C)CC4)cc2)CC1. The second-order valence-electron chi connectivity index (χ2n) is 10.1. The highest BCUT2D eigenvalue weighted by Gasteiger charge is 2.28. The number of carbonyl (C=O) groups is 3. The standard InChI is InChI=1S/C26H33N3O5S/c1-26(2,3)34-25(32)29-14-11-20-21(16-29)35-23(27-20)18-5-7-19(8-6-18)24(31)28-12-9-17(10-13-28)15-22(30)33-4/h5-8,17H,9-16H2,1-4H3. The molecule has 0 saturated carbocycles. The summed E-state index contributed by atoms with van der Waals surface area (Å²) < 4.78 is 10.3. The van der Waals surface area contributed by atoms with E-state index in [2.05, 4.69) is 0 Å². The van der Waals surface area contributed by atoms with E-state index in [-0.39, 0.29) is 23.9 Å². The van der Waals surface area contributed by atoms with Gasteiger partial charge < -0.3 is 19.3 Å². The number of hydrogen-bond donors (Lipinski definition) is 0. The van der Waals surface area contributed by atoms with Crippen molar-refractivity contribution in [2.45, 2.75) is 58.6 Å². The molecule has 1 aromatic carbocycles. The van der Waals surface area contributed by atoms with Crippen molar-refractivity contribution in [3.63, 3.8) is 0 Å². The summed E-state index contributed by atoms with van der Waals surface area (Å²) >= 11 is 1.58. The van der Waals surface area contributed by atoms with Crippen LogP contribution in [0.25, 0.3) is 10.6 Å². The van der Waals surface area contributed by atoms with E-state index >= 15 is 0 Å². The normalized spacial score (nSPS) is 16.6. The number of methoxy groups -OCH3 is 1. The number of aromatic nitrogens is 1. The fraction of sp³-hybridized carbons (Fsp3) is 0.538. The summed E-state index contributed by atoms with van der Waals surface area (Å²) in [6, 6.07) is 7.58. The maximum atomic E-state index is 13.0. The molecule has 3 heterocycles. The third-order valence-electron chi connectivity index (χ3n) is 6.35. The summed E-state index contributed by atoms with van der Waals surface area (Å²) in [4.78, 5) is 46.4. The van der Waals surface area contributed by atoms with Crippen molar-refractivity contribution in [3.8, 4) is 10.6 Å². The number of hydrogen-bond acceptors (Lipinski definition) is 7. The van der Waals surface area contributed by atoms with Gasteiger partial charge in [0.25, 0.3) is 5.91 Å². The molecule has 0 atom stereocenters. The molecule has 2 aromatic rings. The van der Waals surface area contributed by atoms with E-state index in [4.69, 9.17) is 14.5 Å². The van der Waals surface area contributed by atoms with Gasteiger partial charge in [0.05, 0.1) is 19.3 Å². The average molecular weight is 500 g/mol. The van der Waals surface area contributed by atoms with Gasteiger partial charge in [0, 0.05) is 48.5 Å². The Hall–Kier alpha value is -2.94. The lowest BCUT2D eigenvalue weighted by molar-refractivity contribution is -0.142. The van der Waals surface area contributed by atoms with Crippen LogP contribution >= 0.6 is 11.3 Å². The highest BCUT2D eigenvalue weighted by atomic mass is 32.1. The summed E-state index contributed by atoms with van der Waals surface area (Å²) in [5.41, 5.74) is 2.12. The van der Waals surface area contributed by atoms with Gasteiger partial charge in [-0.3, -0.25) is 9.59 Å². The molecular weight excluding hydrogens is 466 g/mol. The van der Waals surface area contributed by atoms with E-state index in [1.807, 2.05) is 49.9 Å². The van der Waals surface area contributed by atoms with Crippen molar-refractivity contribution in [1.29, 1.82) is 0 Å². The number of nitrogens with zero attached hydrogens (tertiary/aromatic N) is 3. The zero-order chi connectivity index (χ0) is 25.2. The molecule has 188 valence electrons. The molecule has 1 saturated heterocycles. The quantitative estimate of drug-likeness (QED) is 0.575. The predicted octanol–water partition coefficient (Wildman–Crippen LogP) is 4.52. The highest BCUT2D eigenvalue weighted by molar-refractivity contribution is 7.15. The topological polar surface area (TPSA) is 89.0 Å². The van der Waals surface area contributed by atoms with E-state index in [0.717, 1.165) is 34.0 Å². The van der Waals surface area contributed by atoms with E-state index in [9.17, 15) is 14.4 Å². The van der Waals surface area contributed by atoms with Crippen LogP contribution in [0.15, 0.2) is 24.3 Å². The number of carbonyl (C=O) groups excluding carboxylic acids is 3. The van der Waals surface area contributed by atoms with E-state index < -0.39 is 5.60 Å². The molecule has 0 N–H and O–H groups in total. The van der Waals surface area contributed by atoms with Crippen molar-refractivity contribution < 1.29 is 23.9 Å². The zero-order valence-corrected chi connectivity index (χ0v) is 21.7. The average Bonchev–Trinajstić information content (AvgIpc) is 3.26. The Morgan fingerprint density at radius 1 is 1.06 bits per heavy atom. The number of ether oxygens (including phenoxy) is 2.